The first-order valence-electron chi connectivity index (χ1n) is 4.48. The van der Waals surface area contributed by atoms with E-state index in [-0.39, 0.29) is 5.82 Å². The number of nitrogen functional groups attached to an aromatic ring is 1. The minimum absolute atomic E-state index is 0.295. The molecule has 4 heteroatoms. The Labute approximate surface area is 86.8 Å². The van der Waals surface area contributed by atoms with E-state index in [1.165, 1.54) is 6.07 Å². The van der Waals surface area contributed by atoms with Crippen LogP contribution in [0.3, 0.4) is 0 Å². The average molecular weight is 203 g/mol. The van der Waals surface area contributed by atoms with Crippen molar-refractivity contribution in [3.8, 4) is 0 Å². The maximum atomic E-state index is 13.4. The Balaban J connectivity index is 2.32. The number of benzene rings is 1. The van der Waals surface area contributed by atoms with Crippen molar-refractivity contribution in [3.05, 3.63) is 48.5 Å². The van der Waals surface area contributed by atoms with Gasteiger partial charge in [-0.3, -0.25) is 4.98 Å². The fourth-order valence-corrected chi connectivity index (χ4v) is 1.25. The smallest absolute Gasteiger partial charge is 0.148 e. The predicted octanol–water partition coefficient (Wildman–Crippen LogP) is 2.55. The van der Waals surface area contributed by atoms with Gasteiger partial charge in [0.25, 0.3) is 0 Å². The van der Waals surface area contributed by atoms with Gasteiger partial charge in [0.1, 0.15) is 5.82 Å². The Hall–Kier alpha value is -2.10. The molecule has 1 aromatic carbocycles. The highest BCUT2D eigenvalue weighted by molar-refractivity contribution is 5.72. The van der Waals surface area contributed by atoms with E-state index in [2.05, 4.69) is 10.3 Å². The van der Waals surface area contributed by atoms with Gasteiger partial charge in [-0.2, -0.15) is 0 Å². The number of pyridine rings is 1. The SMILES string of the molecule is Nc1cccc(F)c1Nc1ccncc1. The van der Waals surface area contributed by atoms with Gasteiger partial charge < -0.3 is 11.1 Å². The highest BCUT2D eigenvalue weighted by Crippen LogP contribution is 2.25. The van der Waals surface area contributed by atoms with Crippen LogP contribution in [0.25, 0.3) is 0 Å². The van der Waals surface area contributed by atoms with Crippen LogP contribution in [-0.2, 0) is 0 Å². The zero-order chi connectivity index (χ0) is 10.7. The second-order valence-corrected chi connectivity index (χ2v) is 3.06. The summed E-state index contributed by atoms with van der Waals surface area (Å²) in [6.07, 6.45) is 3.25. The molecule has 15 heavy (non-hydrogen) atoms. The summed E-state index contributed by atoms with van der Waals surface area (Å²) >= 11 is 0. The van der Waals surface area contributed by atoms with Crippen LogP contribution in [0.4, 0.5) is 21.5 Å². The van der Waals surface area contributed by atoms with Gasteiger partial charge in [0.05, 0.1) is 11.4 Å². The van der Waals surface area contributed by atoms with Crippen LogP contribution in [0.1, 0.15) is 0 Å². The number of para-hydroxylation sites is 1. The first-order valence-corrected chi connectivity index (χ1v) is 4.48. The topological polar surface area (TPSA) is 50.9 Å². The molecule has 0 aliphatic carbocycles. The van der Waals surface area contributed by atoms with Gasteiger partial charge in [0.2, 0.25) is 0 Å². The van der Waals surface area contributed by atoms with Crippen molar-refractivity contribution in [2.24, 2.45) is 0 Å². The van der Waals surface area contributed by atoms with Crippen molar-refractivity contribution in [2.45, 2.75) is 0 Å². The molecule has 0 bridgehead atoms. The Kier molecular flexibility index (Phi) is 2.49. The van der Waals surface area contributed by atoms with Gasteiger partial charge in [-0.15, -0.1) is 0 Å². The molecule has 0 saturated heterocycles. The number of hydrogen-bond donors (Lipinski definition) is 2. The number of hydrogen-bond acceptors (Lipinski definition) is 3. The minimum Gasteiger partial charge on any atom is -0.397 e. The standard InChI is InChI=1S/C11H10FN3/c12-9-2-1-3-10(13)11(9)15-8-4-6-14-7-5-8/h1-7H,13H2,(H,14,15). The van der Waals surface area contributed by atoms with Gasteiger partial charge in [-0.25, -0.2) is 4.39 Å². The Morgan fingerprint density at radius 3 is 2.53 bits per heavy atom. The number of nitrogens with zero attached hydrogens (tertiary/aromatic N) is 1. The molecule has 0 atom stereocenters. The summed E-state index contributed by atoms with van der Waals surface area (Å²) in [5.74, 6) is -0.369. The molecule has 0 spiro atoms. The third-order valence-corrected chi connectivity index (χ3v) is 2.00. The molecule has 0 aliphatic heterocycles. The highest BCUT2D eigenvalue weighted by Gasteiger charge is 2.05. The van der Waals surface area contributed by atoms with Crippen LogP contribution < -0.4 is 11.1 Å². The highest BCUT2D eigenvalue weighted by atomic mass is 19.1. The summed E-state index contributed by atoms with van der Waals surface area (Å²) in [6, 6.07) is 8.06. The lowest BCUT2D eigenvalue weighted by atomic mass is 10.2. The first-order chi connectivity index (χ1) is 7.27. The molecule has 0 radical (unpaired) electrons. The van der Waals surface area contributed by atoms with Gasteiger partial charge >= 0.3 is 0 Å². The lowest BCUT2D eigenvalue weighted by Gasteiger charge is -2.09. The van der Waals surface area contributed by atoms with E-state index in [1.54, 1.807) is 36.7 Å². The van der Waals surface area contributed by atoms with Gasteiger partial charge in [0, 0.05) is 18.1 Å². The Morgan fingerprint density at radius 1 is 1.13 bits per heavy atom. The molecule has 76 valence electrons. The van der Waals surface area contributed by atoms with Crippen LogP contribution in [0.5, 0.6) is 0 Å². The van der Waals surface area contributed by atoms with Crippen molar-refractivity contribution in [1.29, 1.82) is 0 Å². The predicted molar refractivity (Wildman–Crippen MR) is 58.3 cm³/mol. The summed E-state index contributed by atoms with van der Waals surface area (Å²) < 4.78 is 13.4. The van der Waals surface area contributed by atoms with E-state index >= 15 is 0 Å². The Bertz CT molecular complexity index is 436. The Morgan fingerprint density at radius 2 is 1.87 bits per heavy atom. The van der Waals surface area contributed by atoms with E-state index in [0.29, 0.717) is 11.4 Å². The molecule has 2 aromatic rings. The van der Waals surface area contributed by atoms with Crippen LogP contribution >= 0.6 is 0 Å². The summed E-state index contributed by atoms with van der Waals surface area (Å²) in [6.45, 7) is 0. The number of nitrogens with two attached hydrogens (primary N) is 1. The number of anilines is 3. The molecule has 0 unspecified atom stereocenters. The molecule has 3 nitrogen and oxygen atoms in total. The lowest BCUT2D eigenvalue weighted by Crippen LogP contribution is -1.98. The number of aromatic nitrogens is 1. The fraction of sp³-hybridized carbons (Fsp3) is 0. The molecule has 1 heterocycles. The minimum atomic E-state index is -0.369. The van der Waals surface area contributed by atoms with E-state index in [9.17, 15) is 4.39 Å². The van der Waals surface area contributed by atoms with E-state index < -0.39 is 0 Å². The van der Waals surface area contributed by atoms with Crippen molar-refractivity contribution < 1.29 is 4.39 Å². The second-order valence-electron chi connectivity index (χ2n) is 3.06. The third kappa shape index (κ3) is 2.04. The first kappa shape index (κ1) is 9.45. The maximum absolute atomic E-state index is 13.4. The molecule has 3 N–H and O–H groups in total. The lowest BCUT2D eigenvalue weighted by molar-refractivity contribution is 0.632. The fourth-order valence-electron chi connectivity index (χ4n) is 1.25. The van der Waals surface area contributed by atoms with Crippen molar-refractivity contribution in [3.63, 3.8) is 0 Å². The largest absolute Gasteiger partial charge is 0.397 e. The van der Waals surface area contributed by atoms with Crippen LogP contribution in [0.15, 0.2) is 42.7 Å². The van der Waals surface area contributed by atoms with Crippen molar-refractivity contribution >= 4 is 17.1 Å². The molecular formula is C11H10FN3. The van der Waals surface area contributed by atoms with Gasteiger partial charge in [-0.1, -0.05) is 6.07 Å². The summed E-state index contributed by atoms with van der Waals surface area (Å²) in [7, 11) is 0. The third-order valence-electron chi connectivity index (χ3n) is 2.00. The van der Waals surface area contributed by atoms with E-state index in [4.69, 9.17) is 5.73 Å². The molecule has 0 fully saturated rings. The van der Waals surface area contributed by atoms with Crippen LogP contribution in [0, 0.1) is 5.82 Å². The van der Waals surface area contributed by atoms with E-state index in [0.717, 1.165) is 5.69 Å². The molecule has 2 rings (SSSR count). The summed E-state index contributed by atoms with van der Waals surface area (Å²) in [4.78, 5) is 3.87. The summed E-state index contributed by atoms with van der Waals surface area (Å²) in [5.41, 5.74) is 7.08. The molecule has 0 aliphatic rings. The maximum Gasteiger partial charge on any atom is 0.148 e. The van der Waals surface area contributed by atoms with Gasteiger partial charge in [0.15, 0.2) is 0 Å². The number of nitrogens with one attached hydrogen (secondary N) is 1. The van der Waals surface area contributed by atoms with Gasteiger partial charge in [-0.05, 0) is 24.3 Å². The van der Waals surface area contributed by atoms with Crippen molar-refractivity contribution in [2.75, 3.05) is 11.1 Å². The molecule has 0 amide bonds. The normalized spacial score (nSPS) is 9.93. The zero-order valence-electron chi connectivity index (χ0n) is 7.94. The monoisotopic (exact) mass is 203 g/mol. The van der Waals surface area contributed by atoms with Crippen LogP contribution in [0.2, 0.25) is 0 Å². The summed E-state index contributed by atoms with van der Waals surface area (Å²) in [5, 5.41) is 2.90. The van der Waals surface area contributed by atoms with E-state index in [1.807, 2.05) is 0 Å². The molecular weight excluding hydrogens is 193 g/mol. The quantitative estimate of drug-likeness (QED) is 0.737. The molecule has 1 aromatic heterocycles. The van der Waals surface area contributed by atoms with Crippen LogP contribution in [-0.4, -0.2) is 4.98 Å². The average Bonchev–Trinajstić information content (AvgIpc) is 2.25. The second kappa shape index (κ2) is 3.96. The molecule has 0 saturated carbocycles. The van der Waals surface area contributed by atoms with Crippen molar-refractivity contribution in [1.82, 2.24) is 4.98 Å². The number of rotatable bonds is 2. The zero-order valence-corrected chi connectivity index (χ0v) is 7.94. The number of halogens is 1.